The van der Waals surface area contributed by atoms with Crippen LogP contribution in [0.4, 0.5) is 0 Å². The third kappa shape index (κ3) is 2.13. The Kier molecular flexibility index (Phi) is 3.04. The zero-order valence-corrected chi connectivity index (χ0v) is 11.1. The smallest absolute Gasteiger partial charge is 0.125 e. The summed E-state index contributed by atoms with van der Waals surface area (Å²) in [7, 11) is 0. The first kappa shape index (κ1) is 12.0. The van der Waals surface area contributed by atoms with Crippen molar-refractivity contribution in [3.63, 3.8) is 0 Å². The fraction of sp³-hybridized carbons (Fsp3) is 0.600. The lowest BCUT2D eigenvalue weighted by atomic mass is 9.94. The Morgan fingerprint density at radius 2 is 2.17 bits per heavy atom. The molecule has 0 spiro atoms. The monoisotopic (exact) mass is 247 g/mol. The quantitative estimate of drug-likeness (QED) is 0.890. The predicted molar refractivity (Wildman–Crippen MR) is 70.9 cm³/mol. The zero-order chi connectivity index (χ0) is 12.6. The van der Waals surface area contributed by atoms with Crippen molar-refractivity contribution in [2.75, 3.05) is 13.2 Å². The van der Waals surface area contributed by atoms with Gasteiger partial charge in [0.2, 0.25) is 0 Å². The fourth-order valence-corrected chi connectivity index (χ4v) is 2.94. The largest absolute Gasteiger partial charge is 0.486 e. The van der Waals surface area contributed by atoms with E-state index in [-0.39, 0.29) is 11.6 Å². The van der Waals surface area contributed by atoms with Crippen LogP contribution in [0, 0.1) is 0 Å². The number of para-hydroxylation sites is 1. The van der Waals surface area contributed by atoms with Gasteiger partial charge in [-0.15, -0.1) is 0 Å². The number of rotatable bonds is 3. The molecule has 3 rings (SSSR count). The normalized spacial score (nSPS) is 29.0. The average Bonchev–Trinajstić information content (AvgIpc) is 2.91. The maximum atomic E-state index is 6.02. The van der Waals surface area contributed by atoms with Gasteiger partial charge in [-0.3, -0.25) is 0 Å². The molecule has 2 heterocycles. The lowest BCUT2D eigenvalue weighted by molar-refractivity contribution is 0.0744. The summed E-state index contributed by atoms with van der Waals surface area (Å²) in [6.07, 6.45) is 2.73. The Labute approximate surface area is 108 Å². The number of hydrogen-bond donors (Lipinski definition) is 1. The molecule has 3 heteroatoms. The standard InChI is InChI=1S/C15H21NO2/c1-15(2)14(16-10-11-6-5-9-17-11)12-7-3-4-8-13(12)18-15/h3-4,7-8,11,14,16H,5-6,9-10H2,1-2H3. The first-order chi connectivity index (χ1) is 8.67. The summed E-state index contributed by atoms with van der Waals surface area (Å²) in [5, 5.41) is 3.62. The SMILES string of the molecule is CC1(C)Oc2ccccc2C1NCC1CCCO1. The van der Waals surface area contributed by atoms with Crippen LogP contribution >= 0.6 is 0 Å². The predicted octanol–water partition coefficient (Wildman–Crippen LogP) is 2.67. The second-order valence-corrected chi connectivity index (χ2v) is 5.72. The minimum Gasteiger partial charge on any atom is -0.486 e. The molecule has 0 saturated carbocycles. The molecular formula is C15H21NO2. The van der Waals surface area contributed by atoms with Crippen LogP contribution < -0.4 is 10.1 Å². The van der Waals surface area contributed by atoms with Crippen LogP contribution in [0.5, 0.6) is 5.75 Å². The first-order valence-corrected chi connectivity index (χ1v) is 6.80. The molecule has 0 aromatic heterocycles. The number of nitrogens with one attached hydrogen (secondary N) is 1. The molecule has 0 amide bonds. The summed E-state index contributed by atoms with van der Waals surface area (Å²) in [6.45, 7) is 6.10. The lowest BCUT2D eigenvalue weighted by Crippen LogP contribution is -2.41. The third-order valence-electron chi connectivity index (χ3n) is 3.87. The van der Waals surface area contributed by atoms with Gasteiger partial charge in [-0.2, -0.15) is 0 Å². The van der Waals surface area contributed by atoms with Gasteiger partial charge in [0.05, 0.1) is 12.1 Å². The maximum Gasteiger partial charge on any atom is 0.125 e. The molecular weight excluding hydrogens is 226 g/mol. The minimum atomic E-state index is -0.192. The van der Waals surface area contributed by atoms with Crippen LogP contribution in [0.1, 0.15) is 38.3 Å². The van der Waals surface area contributed by atoms with E-state index in [1.807, 2.05) is 12.1 Å². The summed E-state index contributed by atoms with van der Waals surface area (Å²) in [5.74, 6) is 1.01. The molecule has 0 radical (unpaired) electrons. The van der Waals surface area contributed by atoms with Crippen LogP contribution in [0.3, 0.4) is 0 Å². The molecule has 1 aromatic rings. The van der Waals surface area contributed by atoms with Gasteiger partial charge in [0, 0.05) is 18.7 Å². The van der Waals surface area contributed by atoms with Crippen LogP contribution in [0.25, 0.3) is 0 Å². The van der Waals surface area contributed by atoms with Crippen molar-refractivity contribution in [2.45, 2.75) is 44.4 Å². The summed E-state index contributed by atoms with van der Waals surface area (Å²) in [4.78, 5) is 0. The first-order valence-electron chi connectivity index (χ1n) is 6.80. The highest BCUT2D eigenvalue weighted by Gasteiger charge is 2.40. The molecule has 1 N–H and O–H groups in total. The van der Waals surface area contributed by atoms with Crippen molar-refractivity contribution in [1.82, 2.24) is 5.32 Å². The Morgan fingerprint density at radius 1 is 1.33 bits per heavy atom. The summed E-state index contributed by atoms with van der Waals surface area (Å²) >= 11 is 0. The molecule has 2 aliphatic heterocycles. The second-order valence-electron chi connectivity index (χ2n) is 5.72. The van der Waals surface area contributed by atoms with Gasteiger partial charge in [-0.25, -0.2) is 0 Å². The van der Waals surface area contributed by atoms with Crippen molar-refractivity contribution >= 4 is 0 Å². The lowest BCUT2D eigenvalue weighted by Gasteiger charge is -2.28. The van der Waals surface area contributed by atoms with Crippen molar-refractivity contribution in [3.05, 3.63) is 29.8 Å². The van der Waals surface area contributed by atoms with Crippen LogP contribution in [-0.2, 0) is 4.74 Å². The highest BCUT2D eigenvalue weighted by molar-refractivity contribution is 5.42. The van der Waals surface area contributed by atoms with Gasteiger partial charge in [0.25, 0.3) is 0 Å². The highest BCUT2D eigenvalue weighted by atomic mass is 16.5. The van der Waals surface area contributed by atoms with E-state index in [0.29, 0.717) is 6.10 Å². The van der Waals surface area contributed by atoms with E-state index in [1.54, 1.807) is 0 Å². The summed E-state index contributed by atoms with van der Waals surface area (Å²) < 4.78 is 11.7. The topological polar surface area (TPSA) is 30.5 Å². The van der Waals surface area contributed by atoms with Gasteiger partial charge in [-0.1, -0.05) is 18.2 Å². The molecule has 1 saturated heterocycles. The molecule has 1 aromatic carbocycles. The van der Waals surface area contributed by atoms with E-state index in [2.05, 4.69) is 31.3 Å². The minimum absolute atomic E-state index is 0.192. The molecule has 0 bridgehead atoms. The van der Waals surface area contributed by atoms with Crippen LogP contribution in [0.2, 0.25) is 0 Å². The molecule has 0 aliphatic carbocycles. The fourth-order valence-electron chi connectivity index (χ4n) is 2.94. The molecule has 2 atom stereocenters. The van der Waals surface area contributed by atoms with E-state index in [1.165, 1.54) is 18.4 Å². The zero-order valence-electron chi connectivity index (χ0n) is 11.1. The maximum absolute atomic E-state index is 6.02. The number of fused-ring (bicyclic) bond motifs is 1. The molecule has 2 aliphatic rings. The Balaban J connectivity index is 1.73. The third-order valence-corrected chi connectivity index (χ3v) is 3.87. The molecule has 2 unspecified atom stereocenters. The molecule has 3 nitrogen and oxygen atoms in total. The Morgan fingerprint density at radius 3 is 2.94 bits per heavy atom. The van der Waals surface area contributed by atoms with Gasteiger partial charge in [0.1, 0.15) is 11.4 Å². The number of benzene rings is 1. The number of ether oxygens (including phenoxy) is 2. The van der Waals surface area contributed by atoms with Crippen molar-refractivity contribution in [3.8, 4) is 5.75 Å². The van der Waals surface area contributed by atoms with Crippen molar-refractivity contribution in [1.29, 1.82) is 0 Å². The molecule has 98 valence electrons. The Hall–Kier alpha value is -1.06. The summed E-state index contributed by atoms with van der Waals surface area (Å²) in [6, 6.07) is 8.54. The highest BCUT2D eigenvalue weighted by Crippen LogP contribution is 2.42. The van der Waals surface area contributed by atoms with E-state index >= 15 is 0 Å². The van der Waals surface area contributed by atoms with Crippen molar-refractivity contribution < 1.29 is 9.47 Å². The van der Waals surface area contributed by atoms with Gasteiger partial charge in [-0.05, 0) is 32.8 Å². The van der Waals surface area contributed by atoms with E-state index in [0.717, 1.165) is 18.9 Å². The van der Waals surface area contributed by atoms with Gasteiger partial charge < -0.3 is 14.8 Å². The van der Waals surface area contributed by atoms with Crippen LogP contribution in [0.15, 0.2) is 24.3 Å². The summed E-state index contributed by atoms with van der Waals surface area (Å²) in [5.41, 5.74) is 1.07. The van der Waals surface area contributed by atoms with Crippen LogP contribution in [-0.4, -0.2) is 24.9 Å². The molecule has 18 heavy (non-hydrogen) atoms. The van der Waals surface area contributed by atoms with Gasteiger partial charge >= 0.3 is 0 Å². The van der Waals surface area contributed by atoms with E-state index in [4.69, 9.17) is 9.47 Å². The van der Waals surface area contributed by atoms with Gasteiger partial charge in [0.15, 0.2) is 0 Å². The molecule has 1 fully saturated rings. The Bertz CT molecular complexity index is 424. The van der Waals surface area contributed by atoms with Crippen molar-refractivity contribution in [2.24, 2.45) is 0 Å². The van der Waals surface area contributed by atoms with E-state index < -0.39 is 0 Å². The average molecular weight is 247 g/mol. The second kappa shape index (κ2) is 4.56. The van der Waals surface area contributed by atoms with E-state index in [9.17, 15) is 0 Å². The number of hydrogen-bond acceptors (Lipinski definition) is 3.